The number of aromatic nitrogens is 2. The van der Waals surface area contributed by atoms with E-state index in [1.807, 2.05) is 24.4 Å². The van der Waals surface area contributed by atoms with E-state index in [0.717, 1.165) is 56.3 Å². The Hall–Kier alpha value is -2.11. The first-order valence-corrected chi connectivity index (χ1v) is 8.41. The lowest BCUT2D eigenvalue weighted by molar-refractivity contribution is 0.135. The topological polar surface area (TPSA) is 44.4 Å². The van der Waals surface area contributed by atoms with Gasteiger partial charge < -0.3 is 4.74 Å². The van der Waals surface area contributed by atoms with Gasteiger partial charge in [0.15, 0.2) is 0 Å². The number of nitrogens with zero attached hydrogens (tertiary/aromatic N) is 3. The van der Waals surface area contributed by atoms with Crippen molar-refractivity contribution >= 4 is 0 Å². The van der Waals surface area contributed by atoms with Crippen LogP contribution < -0.4 is 4.74 Å². The molecule has 2 heterocycles. The second kappa shape index (κ2) is 7.64. The summed E-state index contributed by atoms with van der Waals surface area (Å²) in [6.07, 6.45) is 1.94. The van der Waals surface area contributed by atoms with Gasteiger partial charge in [0.1, 0.15) is 5.75 Å². The van der Waals surface area contributed by atoms with Crippen molar-refractivity contribution in [3.63, 3.8) is 0 Å². The predicted octanol–water partition coefficient (Wildman–Crippen LogP) is 2.78. The Morgan fingerprint density at radius 2 is 2.00 bits per heavy atom. The van der Waals surface area contributed by atoms with E-state index in [9.17, 15) is 0 Å². The zero-order valence-electron chi connectivity index (χ0n) is 14.6. The lowest BCUT2D eigenvalue weighted by Gasteiger charge is -2.34. The number of rotatable bonds is 6. The average molecular weight is 326 g/mol. The molecule has 5 heteroatoms. The van der Waals surface area contributed by atoms with Crippen LogP contribution in [-0.2, 0) is 6.54 Å². The second-order valence-corrected chi connectivity index (χ2v) is 6.51. The monoisotopic (exact) mass is 326 g/mol. The molecule has 5 nitrogen and oxygen atoms in total. The van der Waals surface area contributed by atoms with Crippen molar-refractivity contribution in [2.45, 2.75) is 13.5 Å². The first-order chi connectivity index (χ1) is 11.7. The summed E-state index contributed by atoms with van der Waals surface area (Å²) in [5.41, 5.74) is 4.66. The molecule has 0 aliphatic carbocycles. The van der Waals surface area contributed by atoms with E-state index in [1.54, 1.807) is 7.11 Å². The maximum absolute atomic E-state index is 5.33. The summed E-state index contributed by atoms with van der Waals surface area (Å²) in [6.45, 7) is 12.4. The highest BCUT2D eigenvalue weighted by Gasteiger charge is 2.19. The van der Waals surface area contributed by atoms with Crippen LogP contribution >= 0.6 is 0 Å². The summed E-state index contributed by atoms with van der Waals surface area (Å²) in [7, 11) is 1.69. The molecule has 0 unspecified atom stereocenters. The van der Waals surface area contributed by atoms with Crippen molar-refractivity contribution in [1.29, 1.82) is 0 Å². The summed E-state index contributed by atoms with van der Waals surface area (Å²) >= 11 is 0. The van der Waals surface area contributed by atoms with Crippen molar-refractivity contribution in [3.8, 4) is 17.0 Å². The van der Waals surface area contributed by atoms with E-state index in [1.165, 1.54) is 11.1 Å². The molecule has 24 heavy (non-hydrogen) atoms. The average Bonchev–Trinajstić information content (AvgIpc) is 3.04. The molecule has 1 saturated heterocycles. The summed E-state index contributed by atoms with van der Waals surface area (Å²) in [5.74, 6) is 0.862. The van der Waals surface area contributed by atoms with Gasteiger partial charge in [-0.3, -0.25) is 14.9 Å². The number of hydrogen-bond donors (Lipinski definition) is 1. The third-order valence-electron chi connectivity index (χ3n) is 4.43. The number of hydrogen-bond acceptors (Lipinski definition) is 4. The molecular formula is C19H26N4O. The number of piperazine rings is 1. The van der Waals surface area contributed by atoms with Crippen LogP contribution in [-0.4, -0.2) is 59.8 Å². The van der Waals surface area contributed by atoms with Crippen molar-refractivity contribution in [2.75, 3.05) is 39.8 Å². The van der Waals surface area contributed by atoms with Gasteiger partial charge in [-0.15, -0.1) is 0 Å². The van der Waals surface area contributed by atoms with Crippen molar-refractivity contribution < 1.29 is 4.74 Å². The molecule has 3 rings (SSSR count). The zero-order chi connectivity index (χ0) is 16.9. The van der Waals surface area contributed by atoms with Crippen LogP contribution in [0.4, 0.5) is 0 Å². The number of methoxy groups -OCH3 is 1. The van der Waals surface area contributed by atoms with Crippen LogP contribution in [0.15, 0.2) is 42.6 Å². The van der Waals surface area contributed by atoms with Gasteiger partial charge in [0.2, 0.25) is 0 Å². The lowest BCUT2D eigenvalue weighted by atomic mass is 10.1. The van der Waals surface area contributed by atoms with E-state index < -0.39 is 0 Å². The standard InChI is InChI=1S/C19H26N4O/c1-15(2)13-22-7-9-23(10-8-22)14-17-12-20-21-19(17)16-5-4-6-18(11-16)24-3/h4-6,11-12H,1,7-10,13-14H2,2-3H3,(H,20,21). The smallest absolute Gasteiger partial charge is 0.119 e. The molecular weight excluding hydrogens is 300 g/mol. The predicted molar refractivity (Wildman–Crippen MR) is 97.1 cm³/mol. The number of benzene rings is 1. The van der Waals surface area contributed by atoms with Crippen LogP contribution in [0.25, 0.3) is 11.3 Å². The van der Waals surface area contributed by atoms with Crippen molar-refractivity contribution in [2.24, 2.45) is 0 Å². The van der Waals surface area contributed by atoms with Crippen LogP contribution in [0.2, 0.25) is 0 Å². The molecule has 1 aromatic carbocycles. The van der Waals surface area contributed by atoms with Gasteiger partial charge in [-0.1, -0.05) is 24.3 Å². The molecule has 0 radical (unpaired) electrons. The fraction of sp³-hybridized carbons (Fsp3) is 0.421. The Bertz CT molecular complexity index is 686. The van der Waals surface area contributed by atoms with Gasteiger partial charge in [0.25, 0.3) is 0 Å². The Labute approximate surface area is 143 Å². The molecule has 1 aromatic heterocycles. The van der Waals surface area contributed by atoms with Crippen LogP contribution in [0.5, 0.6) is 5.75 Å². The minimum atomic E-state index is 0.862. The van der Waals surface area contributed by atoms with E-state index in [2.05, 4.69) is 39.6 Å². The molecule has 1 aliphatic heterocycles. The fourth-order valence-corrected chi connectivity index (χ4v) is 3.19. The van der Waals surface area contributed by atoms with Crippen LogP contribution in [0.1, 0.15) is 12.5 Å². The number of nitrogens with one attached hydrogen (secondary N) is 1. The number of aromatic amines is 1. The molecule has 0 saturated carbocycles. The van der Waals surface area contributed by atoms with Gasteiger partial charge >= 0.3 is 0 Å². The van der Waals surface area contributed by atoms with Gasteiger partial charge in [0, 0.05) is 50.4 Å². The maximum atomic E-state index is 5.33. The van der Waals surface area contributed by atoms with E-state index in [4.69, 9.17) is 4.74 Å². The minimum absolute atomic E-state index is 0.862. The Kier molecular flexibility index (Phi) is 5.33. The summed E-state index contributed by atoms with van der Waals surface area (Å²) in [4.78, 5) is 4.96. The normalized spacial score (nSPS) is 16.2. The van der Waals surface area contributed by atoms with Gasteiger partial charge in [-0.25, -0.2) is 0 Å². The summed E-state index contributed by atoms with van der Waals surface area (Å²) in [6, 6.07) is 8.10. The Morgan fingerprint density at radius 3 is 2.71 bits per heavy atom. The van der Waals surface area contributed by atoms with Gasteiger partial charge in [-0.05, 0) is 19.1 Å². The largest absolute Gasteiger partial charge is 0.497 e. The molecule has 1 aliphatic rings. The van der Waals surface area contributed by atoms with Crippen LogP contribution in [0, 0.1) is 0 Å². The minimum Gasteiger partial charge on any atom is -0.497 e. The second-order valence-electron chi connectivity index (χ2n) is 6.51. The molecule has 0 spiro atoms. The first-order valence-electron chi connectivity index (χ1n) is 8.41. The van der Waals surface area contributed by atoms with Crippen molar-refractivity contribution in [3.05, 3.63) is 48.2 Å². The maximum Gasteiger partial charge on any atom is 0.119 e. The number of H-pyrrole nitrogens is 1. The van der Waals surface area contributed by atoms with E-state index >= 15 is 0 Å². The molecule has 128 valence electrons. The third kappa shape index (κ3) is 4.04. The molecule has 1 N–H and O–H groups in total. The molecule has 2 aromatic rings. The highest BCUT2D eigenvalue weighted by Crippen LogP contribution is 2.26. The quantitative estimate of drug-likeness (QED) is 0.829. The van der Waals surface area contributed by atoms with E-state index in [-0.39, 0.29) is 0 Å². The van der Waals surface area contributed by atoms with Gasteiger partial charge in [0.05, 0.1) is 19.0 Å². The third-order valence-corrected chi connectivity index (χ3v) is 4.43. The molecule has 0 atom stereocenters. The highest BCUT2D eigenvalue weighted by molar-refractivity contribution is 5.64. The fourth-order valence-electron chi connectivity index (χ4n) is 3.19. The zero-order valence-corrected chi connectivity index (χ0v) is 14.6. The van der Waals surface area contributed by atoms with Crippen molar-refractivity contribution in [1.82, 2.24) is 20.0 Å². The summed E-state index contributed by atoms with van der Waals surface area (Å²) < 4.78 is 5.33. The Balaban J connectivity index is 1.65. The van der Waals surface area contributed by atoms with Gasteiger partial charge in [-0.2, -0.15) is 5.10 Å². The number of ether oxygens (including phenoxy) is 1. The Morgan fingerprint density at radius 1 is 1.25 bits per heavy atom. The first kappa shape index (κ1) is 16.7. The highest BCUT2D eigenvalue weighted by atomic mass is 16.5. The molecule has 0 amide bonds. The molecule has 0 bridgehead atoms. The van der Waals surface area contributed by atoms with Crippen LogP contribution in [0.3, 0.4) is 0 Å². The SMILES string of the molecule is C=C(C)CN1CCN(Cc2cn[nH]c2-c2cccc(OC)c2)CC1. The lowest BCUT2D eigenvalue weighted by Crippen LogP contribution is -2.46. The summed E-state index contributed by atoms with van der Waals surface area (Å²) in [5, 5.41) is 7.40. The van der Waals surface area contributed by atoms with E-state index in [0.29, 0.717) is 0 Å². The molecule has 1 fully saturated rings.